The summed E-state index contributed by atoms with van der Waals surface area (Å²) in [6.45, 7) is 12.3. The molecule has 1 fully saturated rings. The van der Waals surface area contributed by atoms with Crippen molar-refractivity contribution in [2.24, 2.45) is 0 Å². The summed E-state index contributed by atoms with van der Waals surface area (Å²) in [5.41, 5.74) is 5.17. The highest BCUT2D eigenvalue weighted by atomic mass is 16.2. The van der Waals surface area contributed by atoms with Gasteiger partial charge in [0.05, 0.1) is 12.6 Å². The molecule has 1 atom stereocenters. The number of anilines is 1. The third kappa shape index (κ3) is 5.47. The normalized spacial score (nSPS) is 17.8. The zero-order valence-electron chi connectivity index (χ0n) is 20.0. The van der Waals surface area contributed by atoms with Crippen LogP contribution in [0.1, 0.15) is 73.8 Å². The molecule has 0 saturated carbocycles. The lowest BCUT2D eigenvalue weighted by molar-refractivity contribution is -0.123. The molecule has 172 valence electrons. The van der Waals surface area contributed by atoms with Gasteiger partial charge in [-0.25, -0.2) is 9.97 Å². The second-order valence-corrected chi connectivity index (χ2v) is 9.67. The summed E-state index contributed by atoms with van der Waals surface area (Å²) in [6, 6.07) is 8.84. The van der Waals surface area contributed by atoms with Crippen molar-refractivity contribution in [1.29, 1.82) is 0 Å². The lowest BCUT2D eigenvalue weighted by Gasteiger charge is -2.35. The molecule has 1 N–H and O–H groups in total. The zero-order valence-corrected chi connectivity index (χ0v) is 20.0. The molecule has 0 bridgehead atoms. The van der Waals surface area contributed by atoms with Crippen LogP contribution in [0.3, 0.4) is 0 Å². The molecule has 4 rings (SSSR count). The van der Waals surface area contributed by atoms with Gasteiger partial charge in [-0.1, -0.05) is 32.0 Å². The summed E-state index contributed by atoms with van der Waals surface area (Å²) < 4.78 is 0. The first-order valence-corrected chi connectivity index (χ1v) is 12.1. The van der Waals surface area contributed by atoms with E-state index in [0.29, 0.717) is 12.5 Å². The van der Waals surface area contributed by atoms with E-state index in [-0.39, 0.29) is 11.9 Å². The summed E-state index contributed by atoms with van der Waals surface area (Å²) in [7, 11) is 0. The van der Waals surface area contributed by atoms with Gasteiger partial charge in [0, 0.05) is 43.9 Å². The van der Waals surface area contributed by atoms with Crippen molar-refractivity contribution >= 4 is 11.7 Å². The first kappa shape index (κ1) is 22.7. The van der Waals surface area contributed by atoms with Crippen LogP contribution in [0.25, 0.3) is 0 Å². The van der Waals surface area contributed by atoms with Crippen molar-refractivity contribution in [1.82, 2.24) is 20.2 Å². The quantitative estimate of drug-likeness (QED) is 0.748. The number of fused-ring (bicyclic) bond motifs is 1. The Morgan fingerprint density at radius 2 is 1.72 bits per heavy atom. The fourth-order valence-corrected chi connectivity index (χ4v) is 4.73. The predicted molar refractivity (Wildman–Crippen MR) is 129 cm³/mol. The monoisotopic (exact) mass is 435 g/mol. The fourth-order valence-electron chi connectivity index (χ4n) is 4.73. The summed E-state index contributed by atoms with van der Waals surface area (Å²) in [4.78, 5) is 26.6. The molecule has 1 saturated heterocycles. The van der Waals surface area contributed by atoms with Crippen LogP contribution in [0.5, 0.6) is 0 Å². The van der Waals surface area contributed by atoms with Crippen LogP contribution in [-0.2, 0) is 17.6 Å². The van der Waals surface area contributed by atoms with Crippen LogP contribution in [-0.4, -0.2) is 53.5 Å². The fraction of sp³-hybridized carbons (Fsp3) is 0.577. The average Bonchev–Trinajstić information content (AvgIpc) is 2.78. The van der Waals surface area contributed by atoms with Gasteiger partial charge in [-0.15, -0.1) is 0 Å². The van der Waals surface area contributed by atoms with Gasteiger partial charge in [0.25, 0.3) is 0 Å². The molecule has 1 unspecified atom stereocenters. The number of nitrogens with zero attached hydrogens (tertiary/aromatic N) is 4. The molecule has 6 heteroatoms. The summed E-state index contributed by atoms with van der Waals surface area (Å²) in [5.74, 6) is 2.32. The van der Waals surface area contributed by atoms with Crippen LogP contribution >= 0.6 is 0 Å². The number of aromatic nitrogens is 2. The number of nitrogens with one attached hydrogen (secondary N) is 1. The molecule has 1 aliphatic heterocycles. The minimum absolute atomic E-state index is 0.0365. The van der Waals surface area contributed by atoms with Crippen LogP contribution < -0.4 is 10.2 Å². The van der Waals surface area contributed by atoms with Gasteiger partial charge >= 0.3 is 0 Å². The Hall–Kier alpha value is -2.47. The van der Waals surface area contributed by atoms with Crippen LogP contribution in [0.4, 0.5) is 5.82 Å². The van der Waals surface area contributed by atoms with E-state index in [2.05, 4.69) is 65.1 Å². The van der Waals surface area contributed by atoms with E-state index >= 15 is 0 Å². The molecular weight excluding hydrogens is 398 g/mol. The van der Waals surface area contributed by atoms with E-state index in [1.54, 1.807) is 0 Å². The van der Waals surface area contributed by atoms with Crippen molar-refractivity contribution in [3.63, 3.8) is 0 Å². The summed E-state index contributed by atoms with van der Waals surface area (Å²) in [5, 5.41) is 3.21. The van der Waals surface area contributed by atoms with Crippen molar-refractivity contribution in [2.75, 3.05) is 37.6 Å². The Morgan fingerprint density at radius 1 is 1.00 bits per heavy atom. The van der Waals surface area contributed by atoms with Gasteiger partial charge in [0.2, 0.25) is 5.91 Å². The molecule has 6 nitrogen and oxygen atoms in total. The first-order valence-electron chi connectivity index (χ1n) is 12.1. The molecular formula is C26H37N5O. The molecule has 2 heterocycles. The Morgan fingerprint density at radius 3 is 2.44 bits per heavy atom. The van der Waals surface area contributed by atoms with Crippen molar-refractivity contribution in [3.8, 4) is 0 Å². The summed E-state index contributed by atoms with van der Waals surface area (Å²) >= 11 is 0. The number of hydrogen-bond donors (Lipinski definition) is 1. The third-order valence-electron chi connectivity index (χ3n) is 6.69. The molecule has 2 aromatic rings. The molecule has 1 aliphatic carbocycles. The number of aryl methyl sites for hydroxylation is 3. The maximum Gasteiger partial charge on any atom is 0.234 e. The number of amides is 1. The Kier molecular flexibility index (Phi) is 7.09. The van der Waals surface area contributed by atoms with Crippen LogP contribution in [0.2, 0.25) is 0 Å². The standard InChI is InChI=1S/C26H37N5O/c1-18(2)26-27-19(3)15-24(29-26)31-13-11-30(12-14-31)17-25(32)28-20(4)22-10-9-21-7-5-6-8-23(21)16-22/h9-10,15-16,18,20H,5-8,11-14,17H2,1-4H3,(H,28,32). The molecule has 0 radical (unpaired) electrons. The Bertz CT molecular complexity index is 949. The van der Waals surface area contributed by atoms with E-state index in [0.717, 1.165) is 43.5 Å². The topological polar surface area (TPSA) is 61.4 Å². The number of rotatable bonds is 6. The van der Waals surface area contributed by atoms with Crippen LogP contribution in [0.15, 0.2) is 24.3 Å². The highest BCUT2D eigenvalue weighted by Crippen LogP contribution is 2.25. The smallest absolute Gasteiger partial charge is 0.234 e. The van der Waals surface area contributed by atoms with Gasteiger partial charge in [-0.05, 0) is 56.2 Å². The number of piperazine rings is 1. The highest BCUT2D eigenvalue weighted by molar-refractivity contribution is 5.78. The number of hydrogen-bond acceptors (Lipinski definition) is 5. The van der Waals surface area contributed by atoms with Crippen LogP contribution in [0, 0.1) is 6.92 Å². The van der Waals surface area contributed by atoms with E-state index in [1.165, 1.54) is 42.4 Å². The third-order valence-corrected chi connectivity index (χ3v) is 6.69. The number of carbonyl (C=O) groups is 1. The minimum Gasteiger partial charge on any atom is -0.354 e. The maximum absolute atomic E-state index is 12.7. The zero-order chi connectivity index (χ0) is 22.7. The average molecular weight is 436 g/mol. The highest BCUT2D eigenvalue weighted by Gasteiger charge is 2.22. The van der Waals surface area contributed by atoms with Gasteiger partial charge < -0.3 is 10.2 Å². The SMILES string of the molecule is Cc1cc(N2CCN(CC(=O)NC(C)c3ccc4c(c3)CCCC4)CC2)nc(C(C)C)n1. The van der Waals surface area contributed by atoms with Gasteiger partial charge in [0.1, 0.15) is 11.6 Å². The lowest BCUT2D eigenvalue weighted by Crippen LogP contribution is -2.50. The largest absolute Gasteiger partial charge is 0.354 e. The van der Waals surface area contributed by atoms with Gasteiger partial charge in [0.15, 0.2) is 0 Å². The van der Waals surface area contributed by atoms with Gasteiger partial charge in [-0.3, -0.25) is 9.69 Å². The Balaban J connectivity index is 1.28. The maximum atomic E-state index is 12.7. The van der Waals surface area contributed by atoms with Crippen molar-refractivity contribution < 1.29 is 4.79 Å². The van der Waals surface area contributed by atoms with Crippen molar-refractivity contribution in [3.05, 3.63) is 52.5 Å². The van der Waals surface area contributed by atoms with E-state index in [4.69, 9.17) is 4.98 Å². The summed E-state index contributed by atoms with van der Waals surface area (Å²) in [6.07, 6.45) is 4.92. The lowest BCUT2D eigenvalue weighted by atomic mass is 9.89. The number of benzene rings is 1. The van der Waals surface area contributed by atoms with E-state index in [1.807, 2.05) is 6.92 Å². The van der Waals surface area contributed by atoms with Crippen molar-refractivity contribution in [2.45, 2.75) is 65.3 Å². The molecule has 0 spiro atoms. The minimum atomic E-state index is 0.0365. The van der Waals surface area contributed by atoms with E-state index in [9.17, 15) is 4.79 Å². The molecule has 32 heavy (non-hydrogen) atoms. The number of carbonyl (C=O) groups excluding carboxylic acids is 1. The molecule has 1 amide bonds. The molecule has 2 aliphatic rings. The second-order valence-electron chi connectivity index (χ2n) is 9.67. The molecule has 1 aromatic heterocycles. The first-order chi connectivity index (χ1) is 15.4. The predicted octanol–water partition coefficient (Wildman–Crippen LogP) is 3.79. The second kappa shape index (κ2) is 9.99. The van der Waals surface area contributed by atoms with Gasteiger partial charge in [-0.2, -0.15) is 0 Å². The van der Waals surface area contributed by atoms with E-state index < -0.39 is 0 Å². The molecule has 1 aromatic carbocycles. The Labute approximate surface area is 192 Å².